The number of rotatable bonds is 0. The van der Waals surface area contributed by atoms with E-state index in [1.54, 1.807) is 0 Å². The minimum absolute atomic E-state index is 0.965. The first-order valence-corrected chi connectivity index (χ1v) is 12.2. The lowest BCUT2D eigenvalue weighted by atomic mass is 9.93. The van der Waals surface area contributed by atoms with Crippen LogP contribution in [0.4, 0.5) is 0 Å². The first-order valence-electron chi connectivity index (χ1n) is 12.2. The van der Waals surface area contributed by atoms with Gasteiger partial charge in [0.15, 0.2) is 0 Å². The number of pyridine rings is 2. The predicted octanol–water partition coefficient (Wildman–Crippen LogP) is 7.33. The Bertz CT molecular complexity index is 2060. The number of hydrogen-bond acceptors (Lipinski definition) is 2. The summed E-state index contributed by atoms with van der Waals surface area (Å²) in [4.78, 5) is 9.90. The molecule has 2 aliphatic carbocycles. The number of hydrogen-bond donors (Lipinski definition) is 0. The van der Waals surface area contributed by atoms with E-state index in [-0.39, 0.29) is 0 Å². The van der Waals surface area contributed by atoms with E-state index in [9.17, 15) is 0 Å². The van der Waals surface area contributed by atoms with Crippen molar-refractivity contribution in [1.29, 1.82) is 0 Å². The Morgan fingerprint density at radius 3 is 2.51 bits per heavy atom. The Morgan fingerprint density at radius 2 is 1.51 bits per heavy atom. The number of para-hydroxylation sites is 2. The second kappa shape index (κ2) is 6.13. The van der Waals surface area contributed by atoms with E-state index in [2.05, 4.69) is 83.3 Å². The molecule has 9 rings (SSSR count). The molecule has 0 aliphatic heterocycles. The second-order valence-corrected chi connectivity index (χ2v) is 9.83. The van der Waals surface area contributed by atoms with Crippen LogP contribution in [0.15, 0.2) is 91.1 Å². The van der Waals surface area contributed by atoms with E-state index in [1.165, 1.54) is 60.7 Å². The van der Waals surface area contributed by atoms with Crippen molar-refractivity contribution in [1.82, 2.24) is 14.4 Å². The van der Waals surface area contributed by atoms with Crippen molar-refractivity contribution in [3.8, 4) is 22.3 Å². The average molecular weight is 446 g/mol. The fourth-order valence-electron chi connectivity index (χ4n) is 6.59. The first-order chi connectivity index (χ1) is 17.3. The molecule has 2 aliphatic rings. The largest absolute Gasteiger partial charge is 0.276 e. The second-order valence-electron chi connectivity index (χ2n) is 9.83. The van der Waals surface area contributed by atoms with Gasteiger partial charge >= 0.3 is 0 Å². The van der Waals surface area contributed by atoms with E-state index >= 15 is 0 Å². The van der Waals surface area contributed by atoms with Crippen molar-refractivity contribution in [3.63, 3.8) is 0 Å². The molecule has 3 heteroatoms. The fraction of sp³-hybridized carbons (Fsp3) is 0.0625. The molecular weight excluding hydrogens is 426 g/mol. The van der Waals surface area contributed by atoms with Crippen LogP contribution in [0.3, 0.4) is 0 Å². The summed E-state index contributed by atoms with van der Waals surface area (Å²) in [5.41, 5.74) is 15.4. The highest BCUT2D eigenvalue weighted by molar-refractivity contribution is 6.15. The van der Waals surface area contributed by atoms with Gasteiger partial charge in [-0.15, -0.1) is 0 Å². The van der Waals surface area contributed by atoms with Crippen molar-refractivity contribution in [2.75, 3.05) is 0 Å². The molecule has 3 nitrogen and oxygen atoms in total. The fourth-order valence-corrected chi connectivity index (χ4v) is 6.59. The molecule has 0 fully saturated rings. The van der Waals surface area contributed by atoms with E-state index in [0.29, 0.717) is 0 Å². The third-order valence-corrected chi connectivity index (χ3v) is 8.06. The summed E-state index contributed by atoms with van der Waals surface area (Å²) in [5, 5.41) is 3.61. The molecule has 3 heterocycles. The number of nitrogens with zero attached hydrogens (tertiary/aromatic N) is 3. The number of imidazole rings is 1. The van der Waals surface area contributed by atoms with E-state index in [0.717, 1.165) is 35.2 Å². The molecule has 7 aromatic rings. The summed E-state index contributed by atoms with van der Waals surface area (Å²) in [7, 11) is 0. The molecule has 4 aromatic carbocycles. The molecule has 0 amide bonds. The van der Waals surface area contributed by atoms with Crippen molar-refractivity contribution < 1.29 is 0 Å². The summed E-state index contributed by atoms with van der Waals surface area (Å²) in [6, 6.07) is 31.0. The summed E-state index contributed by atoms with van der Waals surface area (Å²) >= 11 is 0. The van der Waals surface area contributed by atoms with Gasteiger partial charge in [-0.05, 0) is 99.1 Å². The van der Waals surface area contributed by atoms with Crippen LogP contribution in [0.5, 0.6) is 0 Å². The van der Waals surface area contributed by atoms with Gasteiger partial charge in [-0.2, -0.15) is 0 Å². The van der Waals surface area contributed by atoms with Gasteiger partial charge in [-0.3, -0.25) is 4.40 Å². The van der Waals surface area contributed by atoms with Crippen molar-refractivity contribution in [3.05, 3.63) is 113 Å². The highest BCUT2D eigenvalue weighted by Crippen LogP contribution is 2.49. The van der Waals surface area contributed by atoms with Gasteiger partial charge in [-0.1, -0.05) is 48.5 Å². The van der Waals surface area contributed by atoms with Crippen LogP contribution < -0.4 is 0 Å². The monoisotopic (exact) mass is 445 g/mol. The lowest BCUT2D eigenvalue weighted by molar-refractivity contribution is 1.23. The zero-order valence-electron chi connectivity index (χ0n) is 18.9. The SMILES string of the molecule is c1ccc2c(c1)Cc1c-2ccc2c1-c1cc3c4cccnc4n4c5ccccc5nc4c3cc1C2. The summed E-state index contributed by atoms with van der Waals surface area (Å²) < 4.78 is 2.23. The maximum atomic E-state index is 5.08. The van der Waals surface area contributed by atoms with Crippen molar-refractivity contribution in [2.45, 2.75) is 12.8 Å². The van der Waals surface area contributed by atoms with Crippen LogP contribution in [0.2, 0.25) is 0 Å². The van der Waals surface area contributed by atoms with Crippen LogP contribution >= 0.6 is 0 Å². The smallest absolute Gasteiger partial charge is 0.147 e. The molecule has 0 saturated heterocycles. The van der Waals surface area contributed by atoms with Crippen LogP contribution in [0, 0.1) is 0 Å². The maximum Gasteiger partial charge on any atom is 0.147 e. The molecule has 0 unspecified atom stereocenters. The van der Waals surface area contributed by atoms with Crippen LogP contribution in [-0.2, 0) is 12.8 Å². The molecule has 3 aromatic heterocycles. The van der Waals surface area contributed by atoms with E-state index in [4.69, 9.17) is 9.97 Å². The zero-order valence-corrected chi connectivity index (χ0v) is 18.9. The van der Waals surface area contributed by atoms with E-state index < -0.39 is 0 Å². The first kappa shape index (κ1) is 17.9. The molecule has 0 atom stereocenters. The standard InChI is InChI=1S/C32H19N3/c1-2-7-21-18(6-1)15-26-22(21)12-11-19-14-20-16-27-25(17-24(20)30(19)26)23-8-5-13-33-31(23)35-29-10-4-3-9-28(29)34-32(27)35/h1-13,16-17H,14-15H2. The Morgan fingerprint density at radius 1 is 0.600 bits per heavy atom. The maximum absolute atomic E-state index is 5.08. The average Bonchev–Trinajstić information content (AvgIpc) is 3.58. The highest BCUT2D eigenvalue weighted by atomic mass is 15.1. The summed E-state index contributed by atoms with van der Waals surface area (Å²) in [6.07, 6.45) is 3.87. The lowest BCUT2D eigenvalue weighted by Crippen LogP contribution is -1.95. The molecule has 0 spiro atoms. The molecule has 0 saturated carbocycles. The Balaban J connectivity index is 1.41. The Kier molecular flexibility index (Phi) is 3.14. The van der Waals surface area contributed by atoms with Gasteiger partial charge in [0, 0.05) is 17.0 Å². The molecular formula is C32H19N3. The van der Waals surface area contributed by atoms with Gasteiger partial charge in [0.05, 0.1) is 11.0 Å². The molecule has 162 valence electrons. The summed E-state index contributed by atoms with van der Waals surface area (Å²) in [5.74, 6) is 0. The van der Waals surface area contributed by atoms with Crippen molar-refractivity contribution >= 4 is 38.5 Å². The topological polar surface area (TPSA) is 30.2 Å². The van der Waals surface area contributed by atoms with Gasteiger partial charge < -0.3 is 0 Å². The van der Waals surface area contributed by atoms with Gasteiger partial charge in [0.1, 0.15) is 11.3 Å². The van der Waals surface area contributed by atoms with Gasteiger partial charge in [0.25, 0.3) is 0 Å². The summed E-state index contributed by atoms with van der Waals surface area (Å²) in [6.45, 7) is 0. The number of fused-ring (bicyclic) bond motifs is 15. The zero-order chi connectivity index (χ0) is 22.7. The minimum Gasteiger partial charge on any atom is -0.276 e. The molecule has 0 radical (unpaired) electrons. The number of benzene rings is 4. The third kappa shape index (κ3) is 2.17. The molecule has 0 N–H and O–H groups in total. The lowest BCUT2D eigenvalue weighted by Gasteiger charge is -2.12. The Labute approximate surface area is 201 Å². The normalized spacial score (nSPS) is 13.5. The quantitative estimate of drug-likeness (QED) is 0.229. The van der Waals surface area contributed by atoms with Gasteiger partial charge in [-0.25, -0.2) is 9.97 Å². The van der Waals surface area contributed by atoms with Crippen LogP contribution in [-0.4, -0.2) is 14.4 Å². The predicted molar refractivity (Wildman–Crippen MR) is 142 cm³/mol. The third-order valence-electron chi connectivity index (χ3n) is 8.06. The molecule has 35 heavy (non-hydrogen) atoms. The Hall–Kier alpha value is -4.50. The van der Waals surface area contributed by atoms with Gasteiger partial charge in [0.2, 0.25) is 0 Å². The minimum atomic E-state index is 0.965. The van der Waals surface area contributed by atoms with E-state index in [1.807, 2.05) is 12.3 Å². The number of aromatic nitrogens is 3. The van der Waals surface area contributed by atoms with Crippen LogP contribution in [0.1, 0.15) is 22.3 Å². The van der Waals surface area contributed by atoms with Crippen molar-refractivity contribution in [2.24, 2.45) is 0 Å². The van der Waals surface area contributed by atoms with Crippen LogP contribution in [0.25, 0.3) is 60.7 Å². The highest BCUT2D eigenvalue weighted by Gasteiger charge is 2.29. The molecule has 0 bridgehead atoms.